The number of hydrogen-bond acceptors (Lipinski definition) is 3. The number of urea groups is 1. The number of carbonyl (C=O) groups is 1. The highest BCUT2D eigenvalue weighted by Crippen LogP contribution is 2.30. The monoisotopic (exact) mass is 373 g/mol. The van der Waals surface area contributed by atoms with E-state index in [9.17, 15) is 4.79 Å². The number of carbonyl (C=O) groups excluding carboxylic acids is 1. The molecule has 6 heteroatoms. The summed E-state index contributed by atoms with van der Waals surface area (Å²) in [6.45, 7) is 4.91. The summed E-state index contributed by atoms with van der Waals surface area (Å²) in [6, 6.07) is 14.0. The van der Waals surface area contributed by atoms with Crippen molar-refractivity contribution in [1.82, 2.24) is 14.9 Å². The molecule has 0 atom stereocenters. The van der Waals surface area contributed by atoms with Crippen molar-refractivity contribution < 1.29 is 4.79 Å². The molecule has 0 aliphatic carbocycles. The molecule has 0 spiro atoms. The molecule has 142 valence electrons. The summed E-state index contributed by atoms with van der Waals surface area (Å²) in [4.78, 5) is 25.8. The number of pyridine rings is 1. The first-order chi connectivity index (χ1) is 13.6. The van der Waals surface area contributed by atoms with Gasteiger partial charge in [-0.2, -0.15) is 0 Å². The molecule has 0 saturated heterocycles. The standard InChI is InChI=1S/C22H23N5O/c1-15(2)24-22(28)27-12-9-16(10-13-27)20-14-18-19(8-11-23-21(18)26-20)25-17-6-4-3-5-7-17/h3-9,11,14H,10,12-13H2,1-2H3,(H2,23,25,26). The van der Waals surface area contributed by atoms with Gasteiger partial charge in [0.2, 0.25) is 0 Å². The van der Waals surface area contributed by atoms with Gasteiger partial charge in [-0.05, 0) is 50.1 Å². The van der Waals surface area contributed by atoms with Gasteiger partial charge in [-0.3, -0.25) is 0 Å². The second-order valence-electron chi connectivity index (χ2n) is 7.06. The number of rotatable bonds is 3. The average Bonchev–Trinajstić information content (AvgIpc) is 3.14. The Morgan fingerprint density at radius 2 is 2.04 bits per heavy atom. The van der Waals surface area contributed by atoms with E-state index in [2.05, 4.69) is 32.4 Å². The number of H-pyrrole nitrogens is 1. The van der Waals surface area contributed by atoms with Gasteiger partial charge in [0.05, 0.1) is 5.69 Å². The molecule has 2 amide bonds. The zero-order valence-corrected chi connectivity index (χ0v) is 16.1. The first-order valence-electron chi connectivity index (χ1n) is 9.40. The smallest absolute Gasteiger partial charge is 0.343 e. The minimum absolute atomic E-state index is 0.164. The number of aromatic nitrogens is 2. The van der Waals surface area contributed by atoms with Crippen LogP contribution in [0.2, 0.25) is 0 Å². The first kappa shape index (κ1) is 18.0. The second-order valence-corrected chi connectivity index (χ2v) is 7.06. The number of amides is 2. The molecule has 2 aromatic heterocycles. The Balaban J connectivity index is 1.57. The highest BCUT2D eigenvalue weighted by Gasteiger charge is 2.19. The molecule has 4 rings (SSSR count). The quantitative estimate of drug-likeness (QED) is 0.635. The summed E-state index contributed by atoms with van der Waals surface area (Å²) >= 11 is 0. The van der Waals surface area contributed by atoms with E-state index in [-0.39, 0.29) is 6.03 Å². The molecule has 0 bridgehead atoms. The van der Waals surface area contributed by atoms with E-state index < -0.39 is 0 Å². The molecular formula is C22H23N5O. The third-order valence-corrected chi connectivity index (χ3v) is 4.73. The predicted molar refractivity (Wildman–Crippen MR) is 114 cm³/mol. The predicted octanol–water partition coefficient (Wildman–Crippen LogP) is 5.00. The van der Waals surface area contributed by atoms with Crippen molar-refractivity contribution >= 4 is 39.7 Å². The number of aliphatic imine (C=N–C) groups is 1. The van der Waals surface area contributed by atoms with Crippen molar-refractivity contribution in [3.63, 3.8) is 0 Å². The summed E-state index contributed by atoms with van der Waals surface area (Å²) in [6.07, 6.45) is 4.68. The lowest BCUT2D eigenvalue weighted by atomic mass is 10.0. The maximum atomic E-state index is 12.1. The van der Waals surface area contributed by atoms with Crippen LogP contribution in [0.15, 0.2) is 59.7 Å². The largest absolute Gasteiger partial charge is 0.355 e. The van der Waals surface area contributed by atoms with E-state index >= 15 is 0 Å². The molecule has 0 fully saturated rings. The van der Waals surface area contributed by atoms with E-state index in [1.165, 1.54) is 5.57 Å². The van der Waals surface area contributed by atoms with Gasteiger partial charge in [-0.25, -0.2) is 14.8 Å². The van der Waals surface area contributed by atoms with Gasteiger partial charge in [0.25, 0.3) is 0 Å². The number of nitrogens with zero attached hydrogens (tertiary/aromatic N) is 3. The molecule has 1 aliphatic heterocycles. The Morgan fingerprint density at radius 3 is 2.75 bits per heavy atom. The Hall–Kier alpha value is -3.41. The van der Waals surface area contributed by atoms with Crippen LogP contribution in [-0.2, 0) is 0 Å². The van der Waals surface area contributed by atoms with Crippen LogP contribution in [0.1, 0.15) is 26.0 Å². The third-order valence-electron chi connectivity index (χ3n) is 4.73. The maximum absolute atomic E-state index is 12.1. The summed E-state index contributed by atoms with van der Waals surface area (Å²) in [5.41, 5.74) is 5.92. The lowest BCUT2D eigenvalue weighted by Gasteiger charge is -2.24. The van der Waals surface area contributed by atoms with Crippen LogP contribution in [0.25, 0.3) is 16.6 Å². The first-order valence-corrected chi connectivity index (χ1v) is 9.40. The van der Waals surface area contributed by atoms with Crippen molar-refractivity contribution in [3.05, 3.63) is 60.4 Å². The number of anilines is 2. The molecule has 28 heavy (non-hydrogen) atoms. The number of para-hydroxylation sites is 1. The summed E-state index contributed by atoms with van der Waals surface area (Å²) in [5.74, 6) is 0. The van der Waals surface area contributed by atoms with Crippen LogP contribution in [0.4, 0.5) is 16.2 Å². The Kier molecular flexibility index (Phi) is 4.93. The van der Waals surface area contributed by atoms with E-state index in [4.69, 9.17) is 0 Å². The number of nitrogens with one attached hydrogen (secondary N) is 2. The van der Waals surface area contributed by atoms with Crippen LogP contribution >= 0.6 is 0 Å². The van der Waals surface area contributed by atoms with Gasteiger partial charge in [0.15, 0.2) is 0 Å². The van der Waals surface area contributed by atoms with Gasteiger partial charge in [0, 0.05) is 41.8 Å². The second kappa shape index (κ2) is 7.68. The molecule has 2 N–H and O–H groups in total. The van der Waals surface area contributed by atoms with Gasteiger partial charge >= 0.3 is 6.03 Å². The zero-order valence-electron chi connectivity index (χ0n) is 16.1. The Labute approximate surface area is 164 Å². The van der Waals surface area contributed by atoms with Gasteiger partial charge in [-0.1, -0.05) is 24.3 Å². The lowest BCUT2D eigenvalue weighted by Crippen LogP contribution is -2.32. The molecular weight excluding hydrogens is 350 g/mol. The number of hydrogen-bond donors (Lipinski definition) is 2. The van der Waals surface area contributed by atoms with Crippen molar-refractivity contribution in [2.24, 2.45) is 4.99 Å². The summed E-state index contributed by atoms with van der Waals surface area (Å²) < 4.78 is 0. The molecule has 3 heterocycles. The average molecular weight is 373 g/mol. The fourth-order valence-corrected chi connectivity index (χ4v) is 3.34. The number of aromatic amines is 1. The minimum Gasteiger partial charge on any atom is -0.355 e. The van der Waals surface area contributed by atoms with Crippen LogP contribution in [0, 0.1) is 0 Å². The van der Waals surface area contributed by atoms with Crippen LogP contribution in [-0.4, -0.2) is 39.7 Å². The van der Waals surface area contributed by atoms with Crippen molar-refractivity contribution in [3.8, 4) is 0 Å². The molecule has 0 unspecified atom stereocenters. The molecule has 0 saturated carbocycles. The van der Waals surface area contributed by atoms with Crippen LogP contribution in [0.3, 0.4) is 0 Å². The maximum Gasteiger partial charge on any atom is 0.343 e. The third kappa shape index (κ3) is 3.81. The van der Waals surface area contributed by atoms with Crippen molar-refractivity contribution in [2.75, 3.05) is 18.4 Å². The zero-order chi connectivity index (χ0) is 19.5. The van der Waals surface area contributed by atoms with Crippen molar-refractivity contribution in [1.29, 1.82) is 0 Å². The summed E-state index contributed by atoms with van der Waals surface area (Å²) in [7, 11) is 0. The van der Waals surface area contributed by atoms with E-state index in [1.54, 1.807) is 11.1 Å². The molecule has 3 aromatic rings. The normalized spacial score (nSPS) is 13.9. The van der Waals surface area contributed by atoms with Crippen LogP contribution < -0.4 is 5.32 Å². The van der Waals surface area contributed by atoms with E-state index in [1.807, 2.05) is 50.2 Å². The number of fused-ring (bicyclic) bond motifs is 1. The van der Waals surface area contributed by atoms with Gasteiger partial charge in [0.1, 0.15) is 5.65 Å². The van der Waals surface area contributed by atoms with Crippen molar-refractivity contribution in [2.45, 2.75) is 20.3 Å². The molecule has 6 nitrogen and oxygen atoms in total. The van der Waals surface area contributed by atoms with Gasteiger partial charge < -0.3 is 15.2 Å². The Morgan fingerprint density at radius 1 is 1.21 bits per heavy atom. The SMILES string of the molecule is CC(C)=NC(=O)N1CC=C(c2cc3c(Nc4ccccc4)ccnc3[nH]2)CC1. The van der Waals surface area contributed by atoms with Crippen LogP contribution in [0.5, 0.6) is 0 Å². The molecule has 1 aromatic carbocycles. The Bertz CT molecular complexity index is 1060. The highest BCUT2D eigenvalue weighted by molar-refractivity contribution is 5.95. The molecule has 0 radical (unpaired) electrons. The lowest BCUT2D eigenvalue weighted by molar-refractivity contribution is 0.213. The highest BCUT2D eigenvalue weighted by atomic mass is 16.2. The van der Waals surface area contributed by atoms with E-state index in [0.717, 1.165) is 40.2 Å². The number of benzene rings is 1. The fourth-order valence-electron chi connectivity index (χ4n) is 3.34. The molecule has 1 aliphatic rings. The fraction of sp³-hybridized carbons (Fsp3) is 0.227. The van der Waals surface area contributed by atoms with E-state index in [0.29, 0.717) is 13.1 Å². The topological polar surface area (TPSA) is 73.4 Å². The summed E-state index contributed by atoms with van der Waals surface area (Å²) in [5, 5.41) is 4.50. The van der Waals surface area contributed by atoms with Gasteiger partial charge in [-0.15, -0.1) is 0 Å². The minimum atomic E-state index is -0.164.